The van der Waals surface area contributed by atoms with Crippen LogP contribution < -0.4 is 0 Å². The molecule has 0 unspecified atom stereocenters. The van der Waals surface area contributed by atoms with Crippen molar-refractivity contribution in [3.8, 4) is 0 Å². The minimum absolute atomic E-state index is 0.311. The van der Waals surface area contributed by atoms with E-state index < -0.39 is 0 Å². The highest BCUT2D eigenvalue weighted by atomic mass is 16.1. The fourth-order valence-electron chi connectivity index (χ4n) is 2.11. The molecule has 1 aliphatic rings. The molecule has 1 aromatic rings. The first-order chi connectivity index (χ1) is 6.86. The molecule has 1 aliphatic carbocycles. The van der Waals surface area contributed by atoms with Gasteiger partial charge in [-0.2, -0.15) is 0 Å². The topological polar surface area (TPSA) is 34.9 Å². The van der Waals surface area contributed by atoms with Crippen LogP contribution in [0.3, 0.4) is 0 Å². The molecule has 0 aromatic carbocycles. The van der Waals surface area contributed by atoms with Crippen molar-refractivity contribution in [2.24, 2.45) is 5.92 Å². The number of hydrogen-bond acceptors (Lipinski definition) is 2. The maximum Gasteiger partial charge on any atom is 0.155 e. The summed E-state index contributed by atoms with van der Waals surface area (Å²) in [5, 5.41) is 0. The summed E-state index contributed by atoms with van der Waals surface area (Å²) in [6, 6.07) is 0. The SMILES string of the molecule is O=C(Cn1ccnc1)C1CCCCC1. The van der Waals surface area contributed by atoms with Gasteiger partial charge >= 0.3 is 0 Å². The summed E-state index contributed by atoms with van der Waals surface area (Å²) in [7, 11) is 0. The minimum atomic E-state index is 0.311. The van der Waals surface area contributed by atoms with Crippen molar-refractivity contribution in [3.63, 3.8) is 0 Å². The summed E-state index contributed by atoms with van der Waals surface area (Å²) in [6.45, 7) is 0.505. The van der Waals surface area contributed by atoms with Crippen molar-refractivity contribution in [1.29, 1.82) is 0 Å². The Morgan fingerprint density at radius 1 is 1.36 bits per heavy atom. The van der Waals surface area contributed by atoms with Gasteiger partial charge in [-0.15, -0.1) is 0 Å². The van der Waals surface area contributed by atoms with Crippen LogP contribution in [0.15, 0.2) is 18.7 Å². The molecule has 1 aromatic heterocycles. The lowest BCUT2D eigenvalue weighted by atomic mass is 9.86. The second-order valence-electron chi connectivity index (χ2n) is 4.04. The number of nitrogens with zero attached hydrogens (tertiary/aromatic N) is 2. The Bertz CT molecular complexity index is 286. The average molecular weight is 192 g/mol. The van der Waals surface area contributed by atoms with Crippen LogP contribution in [0.25, 0.3) is 0 Å². The van der Waals surface area contributed by atoms with Crippen molar-refractivity contribution in [2.45, 2.75) is 38.6 Å². The Hall–Kier alpha value is -1.12. The van der Waals surface area contributed by atoms with Crippen LogP contribution in [0, 0.1) is 5.92 Å². The van der Waals surface area contributed by atoms with E-state index in [2.05, 4.69) is 4.98 Å². The van der Waals surface area contributed by atoms with Crippen molar-refractivity contribution < 1.29 is 4.79 Å². The zero-order valence-electron chi connectivity index (χ0n) is 8.35. The first-order valence-electron chi connectivity index (χ1n) is 5.35. The molecular weight excluding hydrogens is 176 g/mol. The second-order valence-corrected chi connectivity index (χ2v) is 4.04. The Labute approximate surface area is 84.1 Å². The third kappa shape index (κ3) is 2.22. The number of imidazole rings is 1. The van der Waals surface area contributed by atoms with E-state index in [0.29, 0.717) is 18.2 Å². The molecule has 1 fully saturated rings. The summed E-state index contributed by atoms with van der Waals surface area (Å²) in [6.07, 6.45) is 11.2. The number of rotatable bonds is 3. The van der Waals surface area contributed by atoms with Gasteiger partial charge < -0.3 is 4.57 Å². The molecular formula is C11H16N2O. The quantitative estimate of drug-likeness (QED) is 0.734. The number of carbonyl (C=O) groups excluding carboxylic acids is 1. The lowest BCUT2D eigenvalue weighted by molar-refractivity contribution is -0.124. The largest absolute Gasteiger partial charge is 0.330 e. The van der Waals surface area contributed by atoms with Gasteiger partial charge in [0.05, 0.1) is 12.9 Å². The molecule has 0 aliphatic heterocycles. The smallest absolute Gasteiger partial charge is 0.155 e. The normalized spacial score (nSPS) is 18.3. The zero-order chi connectivity index (χ0) is 9.80. The third-order valence-electron chi connectivity index (χ3n) is 2.96. The molecule has 1 saturated carbocycles. The van der Waals surface area contributed by atoms with E-state index >= 15 is 0 Å². The van der Waals surface area contributed by atoms with Crippen molar-refractivity contribution in [3.05, 3.63) is 18.7 Å². The number of Topliss-reactive ketones (excluding diaryl/α,β-unsaturated/α-hetero) is 1. The molecule has 3 nitrogen and oxygen atoms in total. The van der Waals surface area contributed by atoms with E-state index in [-0.39, 0.29) is 0 Å². The minimum Gasteiger partial charge on any atom is -0.330 e. The molecule has 3 heteroatoms. The second kappa shape index (κ2) is 4.40. The summed E-state index contributed by atoms with van der Waals surface area (Å²) in [5.74, 6) is 0.689. The first-order valence-corrected chi connectivity index (χ1v) is 5.35. The monoisotopic (exact) mass is 192 g/mol. The summed E-state index contributed by atoms with van der Waals surface area (Å²) in [5.41, 5.74) is 0. The van der Waals surface area contributed by atoms with Gasteiger partial charge in [0, 0.05) is 18.3 Å². The number of hydrogen-bond donors (Lipinski definition) is 0. The molecule has 0 spiro atoms. The van der Waals surface area contributed by atoms with E-state index in [0.717, 1.165) is 12.8 Å². The van der Waals surface area contributed by atoms with E-state index in [1.54, 1.807) is 12.5 Å². The predicted octanol–water partition coefficient (Wildman–Crippen LogP) is 2.03. The fraction of sp³-hybridized carbons (Fsp3) is 0.636. The van der Waals surface area contributed by atoms with Crippen LogP contribution >= 0.6 is 0 Å². The molecule has 0 bridgehead atoms. The molecule has 0 amide bonds. The van der Waals surface area contributed by atoms with E-state index in [4.69, 9.17) is 0 Å². The Kier molecular flexibility index (Phi) is 2.96. The molecule has 0 atom stereocenters. The van der Waals surface area contributed by atoms with Crippen molar-refractivity contribution in [2.75, 3.05) is 0 Å². The first kappa shape index (κ1) is 9.44. The van der Waals surface area contributed by atoms with Crippen LogP contribution in [0.4, 0.5) is 0 Å². The van der Waals surface area contributed by atoms with Crippen molar-refractivity contribution in [1.82, 2.24) is 9.55 Å². The van der Waals surface area contributed by atoms with E-state index in [9.17, 15) is 4.79 Å². The molecule has 2 rings (SSSR count). The van der Waals surface area contributed by atoms with Gasteiger partial charge in [0.15, 0.2) is 5.78 Å². The van der Waals surface area contributed by atoms with Crippen molar-refractivity contribution >= 4 is 5.78 Å². The average Bonchev–Trinajstić information content (AvgIpc) is 2.72. The van der Waals surface area contributed by atoms with E-state index in [1.807, 2.05) is 10.8 Å². The number of carbonyl (C=O) groups is 1. The zero-order valence-corrected chi connectivity index (χ0v) is 8.35. The van der Waals surface area contributed by atoms with Crippen LogP contribution in [0.5, 0.6) is 0 Å². The van der Waals surface area contributed by atoms with Crippen LogP contribution in [-0.2, 0) is 11.3 Å². The molecule has 14 heavy (non-hydrogen) atoms. The van der Waals surface area contributed by atoms with Gasteiger partial charge in [-0.3, -0.25) is 4.79 Å². The Morgan fingerprint density at radius 3 is 2.79 bits per heavy atom. The van der Waals surface area contributed by atoms with Crippen LogP contribution in [0.1, 0.15) is 32.1 Å². The van der Waals surface area contributed by atoms with Gasteiger partial charge in [-0.1, -0.05) is 19.3 Å². The standard InChI is InChI=1S/C11H16N2O/c14-11(8-13-7-6-12-9-13)10-4-2-1-3-5-10/h6-7,9-10H,1-5,8H2. The number of ketones is 1. The van der Waals surface area contributed by atoms with Gasteiger partial charge in [0.25, 0.3) is 0 Å². The predicted molar refractivity (Wildman–Crippen MR) is 53.8 cm³/mol. The molecule has 0 N–H and O–H groups in total. The van der Waals surface area contributed by atoms with Gasteiger partial charge in [-0.25, -0.2) is 4.98 Å². The van der Waals surface area contributed by atoms with Crippen LogP contribution in [-0.4, -0.2) is 15.3 Å². The summed E-state index contributed by atoms with van der Waals surface area (Å²) < 4.78 is 1.86. The maximum absolute atomic E-state index is 11.8. The molecule has 76 valence electrons. The van der Waals surface area contributed by atoms with Gasteiger partial charge in [-0.05, 0) is 12.8 Å². The Morgan fingerprint density at radius 2 is 2.14 bits per heavy atom. The molecule has 0 radical (unpaired) electrons. The highest BCUT2D eigenvalue weighted by Crippen LogP contribution is 2.24. The fourth-order valence-corrected chi connectivity index (χ4v) is 2.11. The molecule has 1 heterocycles. The van der Waals surface area contributed by atoms with E-state index in [1.165, 1.54) is 19.3 Å². The summed E-state index contributed by atoms with van der Waals surface area (Å²) >= 11 is 0. The lowest BCUT2D eigenvalue weighted by Gasteiger charge is -2.20. The van der Waals surface area contributed by atoms with Gasteiger partial charge in [0.1, 0.15) is 0 Å². The number of aromatic nitrogens is 2. The van der Waals surface area contributed by atoms with Crippen LogP contribution in [0.2, 0.25) is 0 Å². The van der Waals surface area contributed by atoms with Gasteiger partial charge in [0.2, 0.25) is 0 Å². The highest BCUT2D eigenvalue weighted by Gasteiger charge is 2.20. The molecule has 0 saturated heterocycles. The Balaban J connectivity index is 1.88. The lowest BCUT2D eigenvalue weighted by Crippen LogP contribution is -2.21. The maximum atomic E-state index is 11.8. The highest BCUT2D eigenvalue weighted by molar-refractivity contribution is 5.80. The third-order valence-corrected chi connectivity index (χ3v) is 2.96. The summed E-state index contributed by atoms with van der Waals surface area (Å²) in [4.78, 5) is 15.7.